The van der Waals surface area contributed by atoms with Gasteiger partial charge in [0.15, 0.2) is 0 Å². The summed E-state index contributed by atoms with van der Waals surface area (Å²) in [5.74, 6) is 0.742. The molecule has 8 heteroatoms. The van der Waals surface area contributed by atoms with Gasteiger partial charge in [-0.3, -0.25) is 10.1 Å². The smallest absolute Gasteiger partial charge is 0.329 e. The van der Waals surface area contributed by atoms with Gasteiger partial charge >= 0.3 is 5.69 Å². The number of hydrogen-bond acceptors (Lipinski definition) is 6. The highest BCUT2D eigenvalue weighted by Crippen LogP contribution is 2.28. The molecule has 104 valence electrons. The van der Waals surface area contributed by atoms with Crippen LogP contribution in [0.25, 0.3) is 0 Å². The van der Waals surface area contributed by atoms with Crippen LogP contribution in [0, 0.1) is 17.0 Å². The first-order valence-corrected chi connectivity index (χ1v) is 5.97. The maximum absolute atomic E-state index is 10.9. The molecule has 1 aromatic carbocycles. The Morgan fingerprint density at radius 2 is 2.20 bits per heavy atom. The summed E-state index contributed by atoms with van der Waals surface area (Å²) in [5, 5.41) is 13.7. The third kappa shape index (κ3) is 2.94. The second-order valence-corrected chi connectivity index (χ2v) is 4.27. The van der Waals surface area contributed by atoms with Crippen LogP contribution in [0.4, 0.5) is 17.2 Å². The van der Waals surface area contributed by atoms with Crippen LogP contribution in [-0.2, 0) is 0 Å². The molecule has 0 aliphatic rings. The van der Waals surface area contributed by atoms with E-state index in [9.17, 15) is 10.1 Å². The Morgan fingerprint density at radius 1 is 1.45 bits per heavy atom. The molecule has 1 heterocycles. The minimum atomic E-state index is -0.572. The maximum Gasteiger partial charge on any atom is 0.329 e. The lowest BCUT2D eigenvalue weighted by Crippen LogP contribution is -2.02. The SMILES string of the molecule is COc1ccc(Nc2nc(Cl)ncc2[N+](=O)[O-])c(C)c1. The lowest BCUT2D eigenvalue weighted by Gasteiger charge is -2.10. The van der Waals surface area contributed by atoms with E-state index in [1.807, 2.05) is 6.92 Å². The lowest BCUT2D eigenvalue weighted by molar-refractivity contribution is -0.384. The van der Waals surface area contributed by atoms with Crippen LogP contribution >= 0.6 is 11.6 Å². The molecule has 0 saturated heterocycles. The Labute approximate surface area is 119 Å². The van der Waals surface area contributed by atoms with Crippen LogP contribution in [-0.4, -0.2) is 22.0 Å². The summed E-state index contributed by atoms with van der Waals surface area (Å²) in [6, 6.07) is 5.29. The van der Waals surface area contributed by atoms with Gasteiger partial charge in [0.2, 0.25) is 11.1 Å². The van der Waals surface area contributed by atoms with E-state index in [2.05, 4.69) is 15.3 Å². The Balaban J connectivity index is 2.39. The molecule has 0 fully saturated rings. The summed E-state index contributed by atoms with van der Waals surface area (Å²) in [6.45, 7) is 1.85. The average molecular weight is 295 g/mol. The number of methoxy groups -OCH3 is 1. The molecule has 0 unspecified atom stereocenters. The molecule has 20 heavy (non-hydrogen) atoms. The fraction of sp³-hybridized carbons (Fsp3) is 0.167. The number of nitrogens with zero attached hydrogens (tertiary/aromatic N) is 3. The minimum absolute atomic E-state index is 0.0447. The van der Waals surface area contributed by atoms with E-state index < -0.39 is 4.92 Å². The number of anilines is 2. The number of nitrogens with one attached hydrogen (secondary N) is 1. The van der Waals surface area contributed by atoms with Crippen molar-refractivity contribution in [3.63, 3.8) is 0 Å². The topological polar surface area (TPSA) is 90.2 Å². The second kappa shape index (κ2) is 5.70. The summed E-state index contributed by atoms with van der Waals surface area (Å²) >= 11 is 5.67. The third-order valence-corrected chi connectivity index (χ3v) is 2.81. The molecular weight excluding hydrogens is 284 g/mol. The molecule has 0 bridgehead atoms. The summed E-state index contributed by atoms with van der Waals surface area (Å²) in [5.41, 5.74) is 1.28. The van der Waals surface area contributed by atoms with Crippen LogP contribution in [0.5, 0.6) is 5.75 Å². The molecule has 0 atom stereocenters. The van der Waals surface area contributed by atoms with Gasteiger partial charge < -0.3 is 10.1 Å². The zero-order valence-corrected chi connectivity index (χ0v) is 11.5. The first-order valence-electron chi connectivity index (χ1n) is 5.60. The summed E-state index contributed by atoms with van der Waals surface area (Å²) in [7, 11) is 1.57. The molecule has 7 nitrogen and oxygen atoms in total. The summed E-state index contributed by atoms with van der Waals surface area (Å²) < 4.78 is 5.10. The Hall–Kier alpha value is -2.41. The van der Waals surface area contributed by atoms with Crippen molar-refractivity contribution in [2.45, 2.75) is 6.92 Å². The van der Waals surface area contributed by atoms with E-state index in [4.69, 9.17) is 16.3 Å². The molecule has 0 radical (unpaired) electrons. The molecule has 0 amide bonds. The number of ether oxygens (including phenoxy) is 1. The third-order valence-electron chi connectivity index (χ3n) is 2.62. The summed E-state index contributed by atoms with van der Waals surface area (Å²) in [6.07, 6.45) is 1.07. The number of benzene rings is 1. The summed E-state index contributed by atoms with van der Waals surface area (Å²) in [4.78, 5) is 17.8. The predicted molar refractivity (Wildman–Crippen MR) is 74.7 cm³/mol. The van der Waals surface area contributed by atoms with E-state index in [0.29, 0.717) is 11.4 Å². The fourth-order valence-corrected chi connectivity index (χ4v) is 1.74. The number of halogens is 1. The maximum atomic E-state index is 10.9. The van der Waals surface area contributed by atoms with Crippen molar-refractivity contribution in [1.82, 2.24) is 9.97 Å². The number of aryl methyl sites for hydroxylation is 1. The van der Waals surface area contributed by atoms with Crippen LogP contribution in [0.3, 0.4) is 0 Å². The highest BCUT2D eigenvalue weighted by atomic mass is 35.5. The number of rotatable bonds is 4. The van der Waals surface area contributed by atoms with E-state index in [1.54, 1.807) is 25.3 Å². The van der Waals surface area contributed by atoms with Gasteiger partial charge in [-0.15, -0.1) is 0 Å². The van der Waals surface area contributed by atoms with Crippen molar-refractivity contribution in [2.24, 2.45) is 0 Å². The van der Waals surface area contributed by atoms with Crippen molar-refractivity contribution >= 4 is 28.8 Å². The van der Waals surface area contributed by atoms with E-state index in [1.165, 1.54) is 0 Å². The van der Waals surface area contributed by atoms with Gasteiger partial charge in [0.25, 0.3) is 0 Å². The van der Waals surface area contributed by atoms with Crippen molar-refractivity contribution in [1.29, 1.82) is 0 Å². The molecular formula is C12H11ClN4O3. The van der Waals surface area contributed by atoms with Crippen LogP contribution in [0.2, 0.25) is 5.28 Å². The molecule has 1 aromatic heterocycles. The Morgan fingerprint density at radius 3 is 2.80 bits per heavy atom. The van der Waals surface area contributed by atoms with Gasteiger partial charge in [-0.05, 0) is 42.3 Å². The van der Waals surface area contributed by atoms with Gasteiger partial charge in [-0.1, -0.05) is 0 Å². The van der Waals surface area contributed by atoms with E-state index in [-0.39, 0.29) is 16.8 Å². The normalized spacial score (nSPS) is 10.2. The van der Waals surface area contributed by atoms with Crippen molar-refractivity contribution in [2.75, 3.05) is 12.4 Å². The van der Waals surface area contributed by atoms with E-state index >= 15 is 0 Å². The number of hydrogen-bond donors (Lipinski definition) is 1. The monoisotopic (exact) mass is 294 g/mol. The molecule has 2 aromatic rings. The van der Waals surface area contributed by atoms with Crippen LogP contribution < -0.4 is 10.1 Å². The van der Waals surface area contributed by atoms with Crippen LogP contribution in [0.1, 0.15) is 5.56 Å². The zero-order valence-electron chi connectivity index (χ0n) is 10.8. The van der Waals surface area contributed by atoms with Crippen molar-refractivity contribution in [3.05, 3.63) is 45.4 Å². The number of aromatic nitrogens is 2. The lowest BCUT2D eigenvalue weighted by atomic mass is 10.2. The Kier molecular flexibility index (Phi) is 3.99. The molecule has 0 saturated carbocycles. The molecule has 0 aliphatic carbocycles. The first kappa shape index (κ1) is 14.0. The van der Waals surface area contributed by atoms with E-state index in [0.717, 1.165) is 11.8 Å². The molecule has 0 spiro atoms. The zero-order chi connectivity index (χ0) is 14.7. The molecule has 2 rings (SSSR count). The van der Waals surface area contributed by atoms with Gasteiger partial charge in [0.05, 0.1) is 12.0 Å². The Bertz CT molecular complexity index is 663. The predicted octanol–water partition coefficient (Wildman–Crippen LogP) is 3.10. The highest BCUT2D eigenvalue weighted by Gasteiger charge is 2.17. The van der Waals surface area contributed by atoms with Crippen LogP contribution in [0.15, 0.2) is 24.4 Å². The minimum Gasteiger partial charge on any atom is -0.497 e. The second-order valence-electron chi connectivity index (χ2n) is 3.94. The van der Waals surface area contributed by atoms with Gasteiger partial charge in [0, 0.05) is 5.69 Å². The van der Waals surface area contributed by atoms with Gasteiger partial charge in [-0.25, -0.2) is 4.98 Å². The average Bonchev–Trinajstić information content (AvgIpc) is 2.40. The van der Waals surface area contributed by atoms with Crippen molar-refractivity contribution in [3.8, 4) is 5.75 Å². The first-order chi connectivity index (χ1) is 9.51. The van der Waals surface area contributed by atoms with Crippen molar-refractivity contribution < 1.29 is 9.66 Å². The largest absolute Gasteiger partial charge is 0.497 e. The van der Waals surface area contributed by atoms with Gasteiger partial charge in [-0.2, -0.15) is 4.98 Å². The standard InChI is InChI=1S/C12H11ClN4O3/c1-7-5-8(20-2)3-4-9(7)15-11-10(17(18)19)6-14-12(13)16-11/h3-6H,1-2H3,(H,14,15,16). The highest BCUT2D eigenvalue weighted by molar-refractivity contribution is 6.28. The fourth-order valence-electron chi connectivity index (χ4n) is 1.61. The van der Waals surface area contributed by atoms with Gasteiger partial charge in [0.1, 0.15) is 11.9 Å². The molecule has 0 aliphatic heterocycles. The quantitative estimate of drug-likeness (QED) is 0.529. The molecule has 1 N–H and O–H groups in total. The number of nitro groups is 1.